The Morgan fingerprint density at radius 2 is 1.34 bits per heavy atom. The minimum Gasteiger partial charge on any atom is -0.497 e. The van der Waals surface area contributed by atoms with Crippen molar-refractivity contribution in [3.8, 4) is 11.5 Å². The number of hydrogen-bond acceptors (Lipinski definition) is 4. The molecule has 32 heavy (non-hydrogen) atoms. The van der Waals surface area contributed by atoms with Gasteiger partial charge in [0.15, 0.2) is 0 Å². The van der Waals surface area contributed by atoms with Gasteiger partial charge >= 0.3 is 0 Å². The van der Waals surface area contributed by atoms with Crippen molar-refractivity contribution in [1.82, 2.24) is 0 Å². The SMILES string of the molecule is COc1ccc(OC)c(N2C(=O)C3C4CC(C3C2=O)C2C3CC(C5C6C=CC(C6)C35)C42)c1. The van der Waals surface area contributed by atoms with E-state index in [0.29, 0.717) is 40.9 Å². The molecule has 6 aliphatic carbocycles. The molecule has 2 amide bonds. The Bertz CT molecular complexity index is 1040. The van der Waals surface area contributed by atoms with E-state index in [-0.39, 0.29) is 23.7 Å². The lowest BCUT2D eigenvalue weighted by Gasteiger charge is -2.46. The zero-order valence-corrected chi connectivity index (χ0v) is 18.5. The molecule has 5 heteroatoms. The molecule has 5 saturated carbocycles. The largest absolute Gasteiger partial charge is 0.497 e. The highest BCUT2D eigenvalue weighted by molar-refractivity contribution is 6.23. The highest BCUT2D eigenvalue weighted by Crippen LogP contribution is 2.78. The zero-order chi connectivity index (χ0) is 21.5. The molecule has 1 aromatic rings. The molecule has 8 rings (SSSR count). The summed E-state index contributed by atoms with van der Waals surface area (Å²) in [6, 6.07) is 5.37. The fourth-order valence-electron chi connectivity index (χ4n) is 10.6. The molecule has 0 radical (unpaired) electrons. The van der Waals surface area contributed by atoms with E-state index in [0.717, 1.165) is 41.9 Å². The Labute approximate surface area is 188 Å². The van der Waals surface area contributed by atoms with Crippen LogP contribution in [0.2, 0.25) is 0 Å². The number of carbonyl (C=O) groups is 2. The van der Waals surface area contributed by atoms with E-state index in [1.807, 2.05) is 0 Å². The number of anilines is 1. The van der Waals surface area contributed by atoms with Gasteiger partial charge in [-0.05, 0) is 90.6 Å². The van der Waals surface area contributed by atoms with Gasteiger partial charge in [0.25, 0.3) is 0 Å². The number of allylic oxidation sites excluding steroid dienone is 2. The first kappa shape index (κ1) is 18.2. The minimum absolute atomic E-state index is 0.00432. The lowest BCUT2D eigenvalue weighted by molar-refractivity contribution is -0.125. The summed E-state index contributed by atoms with van der Waals surface area (Å²) in [6.07, 6.45) is 8.82. The molecule has 12 unspecified atom stereocenters. The molecular formula is C27H29NO4. The molecular weight excluding hydrogens is 402 g/mol. The highest BCUT2D eigenvalue weighted by atomic mass is 16.5. The Morgan fingerprint density at radius 1 is 0.750 bits per heavy atom. The number of amides is 2. The summed E-state index contributed by atoms with van der Waals surface area (Å²) in [6.45, 7) is 0. The predicted octanol–water partition coefficient (Wildman–Crippen LogP) is 3.78. The Kier molecular flexibility index (Phi) is 3.28. The summed E-state index contributed by atoms with van der Waals surface area (Å²) in [4.78, 5) is 29.1. The third-order valence-corrected chi connectivity index (χ3v) is 11.0. The lowest BCUT2D eigenvalue weighted by atomic mass is 9.57. The summed E-state index contributed by atoms with van der Waals surface area (Å²) in [5.74, 6) is 7.93. The second kappa shape index (κ2) is 5.78. The summed E-state index contributed by atoms with van der Waals surface area (Å²) in [7, 11) is 3.19. The highest BCUT2D eigenvalue weighted by Gasteiger charge is 2.76. The van der Waals surface area contributed by atoms with E-state index in [1.54, 1.807) is 32.4 Å². The van der Waals surface area contributed by atoms with Gasteiger partial charge in [-0.3, -0.25) is 9.59 Å². The monoisotopic (exact) mass is 431 g/mol. The molecule has 166 valence electrons. The van der Waals surface area contributed by atoms with E-state index in [1.165, 1.54) is 17.7 Å². The van der Waals surface area contributed by atoms with Crippen LogP contribution in [0.3, 0.4) is 0 Å². The topological polar surface area (TPSA) is 55.8 Å². The van der Waals surface area contributed by atoms with E-state index in [9.17, 15) is 9.59 Å². The fraction of sp³-hybridized carbons (Fsp3) is 0.630. The lowest BCUT2D eigenvalue weighted by Crippen LogP contribution is -2.45. The van der Waals surface area contributed by atoms with Crippen molar-refractivity contribution in [3.05, 3.63) is 30.4 Å². The van der Waals surface area contributed by atoms with Crippen LogP contribution >= 0.6 is 0 Å². The molecule has 5 nitrogen and oxygen atoms in total. The van der Waals surface area contributed by atoms with Crippen LogP contribution in [0.1, 0.15) is 19.3 Å². The van der Waals surface area contributed by atoms with Gasteiger partial charge < -0.3 is 9.47 Å². The predicted molar refractivity (Wildman–Crippen MR) is 117 cm³/mol. The summed E-state index contributed by atoms with van der Waals surface area (Å²) in [5.41, 5.74) is 0.544. The van der Waals surface area contributed by atoms with Crippen LogP contribution in [0, 0.1) is 71.0 Å². The van der Waals surface area contributed by atoms with Crippen LogP contribution in [-0.4, -0.2) is 26.0 Å². The van der Waals surface area contributed by atoms with Crippen molar-refractivity contribution in [3.63, 3.8) is 0 Å². The van der Waals surface area contributed by atoms with Crippen molar-refractivity contribution in [2.24, 2.45) is 71.0 Å². The maximum absolute atomic E-state index is 13.8. The first-order valence-electron chi connectivity index (χ1n) is 12.4. The van der Waals surface area contributed by atoms with Crippen LogP contribution in [0.25, 0.3) is 0 Å². The first-order valence-corrected chi connectivity index (χ1v) is 12.4. The number of fused-ring (bicyclic) bond motifs is 19. The second-order valence-electron chi connectivity index (χ2n) is 11.5. The normalized spacial score (nSPS) is 50.4. The molecule has 7 aliphatic rings. The smallest absolute Gasteiger partial charge is 0.238 e. The molecule has 12 atom stereocenters. The number of rotatable bonds is 3. The van der Waals surface area contributed by atoms with Crippen LogP contribution in [0.15, 0.2) is 30.4 Å². The molecule has 0 spiro atoms. The second-order valence-corrected chi connectivity index (χ2v) is 11.5. The van der Waals surface area contributed by atoms with Crippen molar-refractivity contribution in [2.45, 2.75) is 19.3 Å². The number of hydrogen-bond donors (Lipinski definition) is 0. The maximum atomic E-state index is 13.8. The van der Waals surface area contributed by atoms with Crippen LogP contribution in [0.5, 0.6) is 11.5 Å². The van der Waals surface area contributed by atoms with Gasteiger partial charge in [0, 0.05) is 6.07 Å². The molecule has 1 heterocycles. The summed E-state index contributed by atoms with van der Waals surface area (Å²) in [5, 5.41) is 0. The Balaban J connectivity index is 1.18. The van der Waals surface area contributed by atoms with Crippen LogP contribution < -0.4 is 14.4 Å². The van der Waals surface area contributed by atoms with E-state index < -0.39 is 0 Å². The van der Waals surface area contributed by atoms with Gasteiger partial charge in [-0.25, -0.2) is 4.90 Å². The van der Waals surface area contributed by atoms with E-state index in [2.05, 4.69) is 12.2 Å². The fourth-order valence-corrected chi connectivity index (χ4v) is 10.6. The standard InChI is InChI=1S/C27H29NO4/c1-31-13-5-6-19(32-2)18(8-13)28-26(29)24-16-10-17(25(24)27(28)30)23-15-9-14(22(16)23)20-11-3-4-12(7-11)21(15)20/h3-6,8,11-12,14-17,20-25H,7,9-10H2,1-2H3. The summed E-state index contributed by atoms with van der Waals surface area (Å²) < 4.78 is 10.9. The molecule has 0 aromatic heterocycles. The molecule has 1 aromatic carbocycles. The average molecular weight is 432 g/mol. The van der Waals surface area contributed by atoms with Crippen molar-refractivity contribution >= 4 is 17.5 Å². The average Bonchev–Trinajstić information content (AvgIpc) is 3.63. The number of methoxy groups -OCH3 is 2. The number of nitrogens with zero attached hydrogens (tertiary/aromatic N) is 1. The Morgan fingerprint density at radius 3 is 1.91 bits per heavy atom. The molecule has 6 fully saturated rings. The van der Waals surface area contributed by atoms with Gasteiger partial charge in [0.05, 0.1) is 31.7 Å². The molecule has 6 bridgehead atoms. The van der Waals surface area contributed by atoms with Gasteiger partial charge in [-0.2, -0.15) is 0 Å². The van der Waals surface area contributed by atoms with Gasteiger partial charge in [0.1, 0.15) is 11.5 Å². The van der Waals surface area contributed by atoms with Crippen molar-refractivity contribution in [2.75, 3.05) is 19.1 Å². The number of carbonyl (C=O) groups excluding carboxylic acids is 2. The summed E-state index contributed by atoms with van der Waals surface area (Å²) >= 11 is 0. The van der Waals surface area contributed by atoms with Gasteiger partial charge in [-0.15, -0.1) is 0 Å². The Hall–Kier alpha value is -2.30. The van der Waals surface area contributed by atoms with Crippen LogP contribution in [0.4, 0.5) is 5.69 Å². The third-order valence-electron chi connectivity index (χ3n) is 11.0. The van der Waals surface area contributed by atoms with E-state index >= 15 is 0 Å². The van der Waals surface area contributed by atoms with Gasteiger partial charge in [-0.1, -0.05) is 12.2 Å². The number of imide groups is 1. The van der Waals surface area contributed by atoms with Crippen molar-refractivity contribution < 1.29 is 19.1 Å². The van der Waals surface area contributed by atoms with E-state index in [4.69, 9.17) is 9.47 Å². The number of ether oxygens (including phenoxy) is 2. The first-order chi connectivity index (χ1) is 15.6. The molecule has 0 N–H and O–H groups in total. The zero-order valence-electron chi connectivity index (χ0n) is 18.5. The quantitative estimate of drug-likeness (QED) is 0.415. The minimum atomic E-state index is -0.128. The molecule has 1 saturated heterocycles. The van der Waals surface area contributed by atoms with Crippen LogP contribution in [-0.2, 0) is 9.59 Å². The van der Waals surface area contributed by atoms with Crippen molar-refractivity contribution in [1.29, 1.82) is 0 Å². The maximum Gasteiger partial charge on any atom is 0.238 e. The van der Waals surface area contributed by atoms with Gasteiger partial charge in [0.2, 0.25) is 11.8 Å². The molecule has 1 aliphatic heterocycles. The third kappa shape index (κ3) is 1.84. The number of benzene rings is 1.